The number of hydrogen-bond acceptors (Lipinski definition) is 3. The van der Waals surface area contributed by atoms with Crippen LogP contribution in [-0.4, -0.2) is 17.9 Å². The molecule has 3 nitrogen and oxygen atoms in total. The van der Waals surface area contributed by atoms with Crippen molar-refractivity contribution in [1.29, 1.82) is 0 Å². The van der Waals surface area contributed by atoms with Crippen molar-refractivity contribution >= 4 is 17.2 Å². The lowest BCUT2D eigenvalue weighted by atomic mass is 10.2. The Bertz CT molecular complexity index is 527. The van der Waals surface area contributed by atoms with Crippen molar-refractivity contribution in [3.05, 3.63) is 45.5 Å². The molecule has 0 spiro atoms. The van der Waals surface area contributed by atoms with Crippen LogP contribution in [0.1, 0.15) is 26.6 Å². The van der Waals surface area contributed by atoms with E-state index in [0.717, 1.165) is 5.56 Å². The van der Waals surface area contributed by atoms with Gasteiger partial charge in [-0.3, -0.25) is 4.79 Å². The number of thiophene rings is 1. The van der Waals surface area contributed by atoms with Gasteiger partial charge in [0.1, 0.15) is 0 Å². The molecule has 2 rings (SSSR count). The summed E-state index contributed by atoms with van der Waals surface area (Å²) in [6, 6.07) is 3.87. The summed E-state index contributed by atoms with van der Waals surface area (Å²) in [5.41, 5.74) is 2.11. The molecule has 0 unspecified atom stereocenters. The van der Waals surface area contributed by atoms with E-state index in [2.05, 4.69) is 13.0 Å². The van der Waals surface area contributed by atoms with E-state index >= 15 is 0 Å². The van der Waals surface area contributed by atoms with Gasteiger partial charge in [-0.05, 0) is 36.9 Å². The Labute approximate surface area is 105 Å². The fraction of sp³-hybridized carbons (Fsp3) is 0.308. The topological polar surface area (TPSA) is 33.5 Å². The van der Waals surface area contributed by atoms with Crippen LogP contribution in [0, 0.1) is 13.8 Å². The lowest BCUT2D eigenvalue weighted by Crippen LogP contribution is -2.26. The molecule has 0 saturated heterocycles. The van der Waals surface area contributed by atoms with E-state index in [9.17, 15) is 4.79 Å². The second kappa shape index (κ2) is 4.75. The first-order valence-corrected chi connectivity index (χ1v) is 6.30. The lowest BCUT2D eigenvalue weighted by Gasteiger charge is -2.15. The predicted octanol–water partition coefficient (Wildman–Crippen LogP) is 3.23. The van der Waals surface area contributed by atoms with Crippen LogP contribution in [0.5, 0.6) is 0 Å². The van der Waals surface area contributed by atoms with E-state index in [1.165, 1.54) is 10.4 Å². The van der Waals surface area contributed by atoms with Crippen molar-refractivity contribution in [2.24, 2.45) is 0 Å². The predicted molar refractivity (Wildman–Crippen MR) is 68.3 cm³/mol. The van der Waals surface area contributed by atoms with Crippen LogP contribution in [0.25, 0.3) is 0 Å². The number of amides is 1. The van der Waals surface area contributed by atoms with Gasteiger partial charge in [-0.2, -0.15) is 0 Å². The Balaban J connectivity index is 2.11. The molecule has 0 fully saturated rings. The highest BCUT2D eigenvalue weighted by atomic mass is 32.1. The largest absolute Gasteiger partial charge is 0.459 e. The van der Waals surface area contributed by atoms with Gasteiger partial charge in [0.15, 0.2) is 5.76 Å². The molecule has 0 radical (unpaired) electrons. The summed E-state index contributed by atoms with van der Waals surface area (Å²) >= 11 is 1.67. The van der Waals surface area contributed by atoms with Gasteiger partial charge in [-0.15, -0.1) is 11.3 Å². The van der Waals surface area contributed by atoms with Crippen LogP contribution in [0.3, 0.4) is 0 Å². The maximum absolute atomic E-state index is 12.1. The molecule has 0 aliphatic carbocycles. The summed E-state index contributed by atoms with van der Waals surface area (Å²) in [5, 5.41) is 2.04. The van der Waals surface area contributed by atoms with E-state index in [1.54, 1.807) is 35.6 Å². The fourth-order valence-electron chi connectivity index (χ4n) is 1.62. The minimum Gasteiger partial charge on any atom is -0.459 e. The highest BCUT2D eigenvalue weighted by molar-refractivity contribution is 7.10. The number of carbonyl (C=O) groups excluding carboxylic acids is 1. The molecule has 0 N–H and O–H groups in total. The summed E-state index contributed by atoms with van der Waals surface area (Å²) < 4.78 is 5.21. The summed E-state index contributed by atoms with van der Waals surface area (Å²) in [5.74, 6) is 0.363. The number of aryl methyl sites for hydroxylation is 2. The maximum atomic E-state index is 12.1. The van der Waals surface area contributed by atoms with Gasteiger partial charge < -0.3 is 9.32 Å². The van der Waals surface area contributed by atoms with E-state index in [1.807, 2.05) is 12.3 Å². The Morgan fingerprint density at radius 2 is 2.12 bits per heavy atom. The van der Waals surface area contributed by atoms with Crippen molar-refractivity contribution in [3.63, 3.8) is 0 Å². The molecular weight excluding hydrogens is 234 g/mol. The van der Waals surface area contributed by atoms with Crippen molar-refractivity contribution in [1.82, 2.24) is 4.90 Å². The SMILES string of the molecule is Cc1ccoc1C(=O)N(C)Cc1sccc1C. The normalized spacial score (nSPS) is 10.5. The zero-order chi connectivity index (χ0) is 12.4. The monoisotopic (exact) mass is 249 g/mol. The number of nitrogens with zero attached hydrogens (tertiary/aromatic N) is 1. The molecule has 0 aliphatic heterocycles. The average Bonchev–Trinajstić information content (AvgIpc) is 2.88. The molecule has 0 aromatic carbocycles. The van der Waals surface area contributed by atoms with E-state index in [-0.39, 0.29) is 5.91 Å². The molecule has 2 aromatic heterocycles. The Morgan fingerprint density at radius 1 is 1.35 bits per heavy atom. The van der Waals surface area contributed by atoms with Crippen molar-refractivity contribution in [2.75, 3.05) is 7.05 Å². The molecule has 2 heterocycles. The minimum absolute atomic E-state index is 0.0692. The second-order valence-corrected chi connectivity index (χ2v) is 5.12. The summed E-state index contributed by atoms with van der Waals surface area (Å²) in [6.07, 6.45) is 1.55. The fourth-order valence-corrected chi connectivity index (χ4v) is 2.58. The highest BCUT2D eigenvalue weighted by Gasteiger charge is 2.18. The molecule has 1 amide bonds. The number of rotatable bonds is 3. The zero-order valence-electron chi connectivity index (χ0n) is 10.2. The molecular formula is C13H15NO2S. The third-order valence-corrected chi connectivity index (χ3v) is 3.76. The van der Waals surface area contributed by atoms with E-state index in [0.29, 0.717) is 12.3 Å². The first kappa shape index (κ1) is 11.9. The van der Waals surface area contributed by atoms with Crippen LogP contribution < -0.4 is 0 Å². The van der Waals surface area contributed by atoms with Crippen LogP contribution >= 0.6 is 11.3 Å². The quantitative estimate of drug-likeness (QED) is 0.836. The Kier molecular flexibility index (Phi) is 3.33. The van der Waals surface area contributed by atoms with Gasteiger partial charge in [-0.1, -0.05) is 0 Å². The molecule has 0 saturated carbocycles. The third kappa shape index (κ3) is 2.42. The standard InChI is InChI=1S/C13H15NO2S/c1-9-5-7-17-11(9)8-14(3)13(15)12-10(2)4-6-16-12/h4-7H,8H2,1-3H3. The number of carbonyl (C=O) groups is 1. The minimum atomic E-state index is -0.0692. The molecule has 0 bridgehead atoms. The smallest absolute Gasteiger partial charge is 0.289 e. The second-order valence-electron chi connectivity index (χ2n) is 4.12. The van der Waals surface area contributed by atoms with Gasteiger partial charge in [0, 0.05) is 17.5 Å². The maximum Gasteiger partial charge on any atom is 0.289 e. The molecule has 0 aliphatic rings. The van der Waals surface area contributed by atoms with Crippen molar-refractivity contribution < 1.29 is 9.21 Å². The van der Waals surface area contributed by atoms with Gasteiger partial charge in [0.05, 0.1) is 12.8 Å². The summed E-state index contributed by atoms with van der Waals surface area (Å²) in [4.78, 5) is 15.0. The zero-order valence-corrected chi connectivity index (χ0v) is 11.0. The molecule has 17 heavy (non-hydrogen) atoms. The van der Waals surface area contributed by atoms with Crippen molar-refractivity contribution in [2.45, 2.75) is 20.4 Å². The Hall–Kier alpha value is -1.55. The van der Waals surface area contributed by atoms with Crippen molar-refractivity contribution in [3.8, 4) is 0 Å². The van der Waals surface area contributed by atoms with Gasteiger partial charge >= 0.3 is 0 Å². The van der Waals surface area contributed by atoms with Crippen LogP contribution in [0.2, 0.25) is 0 Å². The molecule has 90 valence electrons. The van der Waals surface area contributed by atoms with E-state index in [4.69, 9.17) is 4.42 Å². The van der Waals surface area contributed by atoms with Crippen LogP contribution in [0.4, 0.5) is 0 Å². The first-order chi connectivity index (χ1) is 8.09. The van der Waals surface area contributed by atoms with Crippen LogP contribution in [0.15, 0.2) is 28.2 Å². The summed E-state index contributed by atoms with van der Waals surface area (Å²) in [6.45, 7) is 4.56. The van der Waals surface area contributed by atoms with Crippen LogP contribution in [-0.2, 0) is 6.54 Å². The molecule has 2 aromatic rings. The number of hydrogen-bond donors (Lipinski definition) is 0. The first-order valence-electron chi connectivity index (χ1n) is 5.42. The van der Waals surface area contributed by atoms with Gasteiger partial charge in [-0.25, -0.2) is 0 Å². The van der Waals surface area contributed by atoms with Gasteiger partial charge in [0.25, 0.3) is 5.91 Å². The Morgan fingerprint density at radius 3 is 2.65 bits per heavy atom. The van der Waals surface area contributed by atoms with E-state index < -0.39 is 0 Å². The van der Waals surface area contributed by atoms with Gasteiger partial charge in [0.2, 0.25) is 0 Å². The average molecular weight is 249 g/mol. The summed E-state index contributed by atoms with van der Waals surface area (Å²) in [7, 11) is 1.80. The lowest BCUT2D eigenvalue weighted by molar-refractivity contribution is 0.0753. The highest BCUT2D eigenvalue weighted by Crippen LogP contribution is 2.19. The molecule has 0 atom stereocenters. The third-order valence-electron chi connectivity index (χ3n) is 2.75. The molecule has 4 heteroatoms. The number of furan rings is 1.